The lowest BCUT2D eigenvalue weighted by Crippen LogP contribution is -2.64. The van der Waals surface area contributed by atoms with Crippen LogP contribution in [0, 0.1) is 0 Å². The number of rotatable bonds is 8. The lowest BCUT2D eigenvalue weighted by Gasteiger charge is -2.48. The van der Waals surface area contributed by atoms with Crippen molar-refractivity contribution in [2.75, 3.05) is 32.4 Å². The van der Waals surface area contributed by atoms with Gasteiger partial charge in [-0.25, -0.2) is 4.79 Å². The number of hydrogen-bond donors (Lipinski definition) is 0. The molecule has 40 heavy (non-hydrogen) atoms. The first-order valence-electron chi connectivity index (χ1n) is 13.9. The van der Waals surface area contributed by atoms with Gasteiger partial charge in [0.1, 0.15) is 17.6 Å². The highest BCUT2D eigenvalue weighted by molar-refractivity contribution is 8.00. The van der Waals surface area contributed by atoms with Crippen molar-refractivity contribution in [2.24, 2.45) is 4.99 Å². The van der Waals surface area contributed by atoms with E-state index in [2.05, 4.69) is 12.0 Å². The van der Waals surface area contributed by atoms with Crippen LogP contribution in [-0.2, 0) is 14.3 Å². The molecule has 3 aromatic carbocycles. The highest BCUT2D eigenvalue weighted by Crippen LogP contribution is 2.43. The number of benzene rings is 3. The molecule has 6 nitrogen and oxygen atoms in total. The van der Waals surface area contributed by atoms with Crippen LogP contribution in [0.3, 0.4) is 0 Å². The van der Waals surface area contributed by atoms with Gasteiger partial charge in [-0.15, -0.1) is 11.8 Å². The molecule has 3 aliphatic rings. The number of quaternary nitrogens is 1. The van der Waals surface area contributed by atoms with Gasteiger partial charge in [-0.3, -0.25) is 14.7 Å². The zero-order chi connectivity index (χ0) is 27.5. The maximum Gasteiger partial charge on any atom is 0.356 e. The monoisotopic (exact) mass is 552 g/mol. The van der Waals surface area contributed by atoms with Crippen molar-refractivity contribution >= 4 is 29.9 Å². The van der Waals surface area contributed by atoms with E-state index in [1.54, 1.807) is 22.9 Å². The lowest BCUT2D eigenvalue weighted by molar-refractivity contribution is -0.893. The maximum absolute atomic E-state index is 14.1. The van der Waals surface area contributed by atoms with E-state index in [4.69, 9.17) is 4.74 Å². The van der Waals surface area contributed by atoms with Crippen LogP contribution in [0.15, 0.2) is 107 Å². The van der Waals surface area contributed by atoms with Gasteiger partial charge in [0.05, 0.1) is 20.1 Å². The Morgan fingerprint density at radius 1 is 0.975 bits per heavy atom. The average Bonchev–Trinajstić information content (AvgIpc) is 3.43. The third-order valence-corrected chi connectivity index (χ3v) is 9.37. The van der Waals surface area contributed by atoms with E-state index >= 15 is 0 Å². The summed E-state index contributed by atoms with van der Waals surface area (Å²) >= 11 is 1.70. The van der Waals surface area contributed by atoms with Gasteiger partial charge < -0.3 is 9.22 Å². The number of carbonyl (C=O) groups excluding carboxylic acids is 2. The summed E-state index contributed by atoms with van der Waals surface area (Å²) in [4.78, 5) is 34.0. The van der Waals surface area contributed by atoms with E-state index in [-0.39, 0.29) is 11.3 Å². The summed E-state index contributed by atoms with van der Waals surface area (Å²) < 4.78 is 7.19. The first-order valence-corrected chi connectivity index (χ1v) is 15.0. The molecular weight excluding hydrogens is 518 g/mol. The van der Waals surface area contributed by atoms with Gasteiger partial charge in [0.2, 0.25) is 0 Å². The third kappa shape index (κ3) is 5.36. The number of likely N-dealkylation sites (N-methyl/N-ethyl adjacent to an activating group) is 1. The number of ether oxygens (including phenoxy) is 1. The first-order chi connectivity index (χ1) is 19.5. The molecule has 0 N–H and O–H groups in total. The molecule has 0 radical (unpaired) electrons. The molecular formula is C33H34N3O3S+. The van der Waals surface area contributed by atoms with Crippen molar-refractivity contribution in [1.29, 1.82) is 0 Å². The Morgan fingerprint density at radius 2 is 1.55 bits per heavy atom. The first kappa shape index (κ1) is 26.5. The molecule has 2 atom stereocenters. The van der Waals surface area contributed by atoms with Crippen molar-refractivity contribution in [2.45, 2.75) is 30.4 Å². The summed E-state index contributed by atoms with van der Waals surface area (Å²) in [5.74, 6) is 0.0994. The number of thioether (sulfide) groups is 1. The number of nitrogens with zero attached hydrogens (tertiary/aromatic N) is 3. The molecule has 0 saturated carbocycles. The molecule has 1 unspecified atom stereocenters. The topological polar surface area (TPSA) is 59.0 Å². The molecule has 7 heteroatoms. The van der Waals surface area contributed by atoms with E-state index in [1.807, 2.05) is 91.0 Å². The SMILES string of the molecule is C[N+]1(CC2=C(C(=O)OC(c3ccccc3)c3ccccc3)N3C(=O)C(N=Cc4ccccc4)[C@H]3SC2)CCCC1. The van der Waals surface area contributed by atoms with Crippen LogP contribution in [-0.4, -0.2) is 71.3 Å². The van der Waals surface area contributed by atoms with Crippen LogP contribution in [0.25, 0.3) is 0 Å². The summed E-state index contributed by atoms with van der Waals surface area (Å²) in [5, 5.41) is -0.213. The van der Waals surface area contributed by atoms with Crippen molar-refractivity contribution in [3.8, 4) is 0 Å². The summed E-state index contributed by atoms with van der Waals surface area (Å²) in [6, 6.07) is 28.9. The zero-order valence-corrected chi connectivity index (χ0v) is 23.5. The molecule has 3 aromatic rings. The summed E-state index contributed by atoms with van der Waals surface area (Å²) in [5.41, 5.74) is 4.15. The predicted molar refractivity (Wildman–Crippen MR) is 159 cm³/mol. The number of esters is 1. The average molecular weight is 553 g/mol. The number of aliphatic imine (C=N–C) groups is 1. The fourth-order valence-electron chi connectivity index (χ4n) is 5.95. The number of hydrogen-bond acceptors (Lipinski definition) is 5. The van der Waals surface area contributed by atoms with Crippen molar-refractivity contribution in [3.05, 3.63) is 119 Å². The van der Waals surface area contributed by atoms with Crippen LogP contribution in [0.4, 0.5) is 0 Å². The second kappa shape index (κ2) is 11.4. The zero-order valence-electron chi connectivity index (χ0n) is 22.7. The molecule has 0 aromatic heterocycles. The molecule has 2 saturated heterocycles. The molecule has 2 fully saturated rings. The van der Waals surface area contributed by atoms with Crippen LogP contribution in [0.2, 0.25) is 0 Å². The minimum absolute atomic E-state index is 0.145. The highest BCUT2D eigenvalue weighted by Gasteiger charge is 2.54. The molecule has 0 spiro atoms. The fourth-order valence-corrected chi connectivity index (χ4v) is 7.27. The number of amides is 1. The van der Waals surface area contributed by atoms with Crippen LogP contribution in [0.1, 0.15) is 35.6 Å². The summed E-state index contributed by atoms with van der Waals surface area (Å²) in [6.45, 7) is 2.90. The van der Waals surface area contributed by atoms with Gasteiger partial charge in [-0.05, 0) is 16.7 Å². The van der Waals surface area contributed by atoms with Crippen LogP contribution in [0.5, 0.6) is 0 Å². The van der Waals surface area contributed by atoms with Crippen LogP contribution >= 0.6 is 11.8 Å². The minimum atomic E-state index is -0.573. The molecule has 6 rings (SSSR count). The third-order valence-electron chi connectivity index (χ3n) is 8.04. The van der Waals surface area contributed by atoms with Gasteiger partial charge in [0, 0.05) is 30.4 Å². The second-order valence-electron chi connectivity index (χ2n) is 11.0. The standard InChI is InChI=1S/C33H34N3O3S/c1-36(19-11-12-20-36)22-27-23-40-32-28(34-21-24-13-5-2-6-14-24)31(37)35(32)29(27)33(38)39-30(25-15-7-3-8-16-25)26-17-9-4-10-18-26/h2-10,13-18,21,28,30,32H,11-12,19-20,22-23H2,1H3/q+1/t28?,32-/m1/s1. The van der Waals surface area contributed by atoms with E-state index in [9.17, 15) is 9.59 Å². The predicted octanol–water partition coefficient (Wildman–Crippen LogP) is 5.22. The Kier molecular flexibility index (Phi) is 7.59. The van der Waals surface area contributed by atoms with Gasteiger partial charge in [-0.2, -0.15) is 0 Å². The number of likely N-dealkylation sites (tertiary alicyclic amines) is 1. The smallest absolute Gasteiger partial charge is 0.356 e. The summed E-state index contributed by atoms with van der Waals surface area (Å²) in [6.07, 6.45) is 3.55. The quantitative estimate of drug-likeness (QED) is 0.167. The Bertz CT molecular complexity index is 1380. The highest BCUT2D eigenvalue weighted by atomic mass is 32.2. The van der Waals surface area contributed by atoms with E-state index < -0.39 is 18.1 Å². The van der Waals surface area contributed by atoms with E-state index in [0.717, 1.165) is 46.4 Å². The van der Waals surface area contributed by atoms with Crippen molar-refractivity contribution in [1.82, 2.24) is 4.90 Å². The molecule has 0 aliphatic carbocycles. The normalized spacial score (nSPS) is 21.9. The number of fused-ring (bicyclic) bond motifs is 1. The van der Waals surface area contributed by atoms with Crippen molar-refractivity contribution < 1.29 is 18.8 Å². The van der Waals surface area contributed by atoms with Gasteiger partial charge in [-0.1, -0.05) is 91.0 Å². The van der Waals surface area contributed by atoms with E-state index in [1.165, 1.54) is 12.8 Å². The molecule has 1 amide bonds. The Morgan fingerprint density at radius 3 is 2.15 bits per heavy atom. The van der Waals surface area contributed by atoms with Gasteiger partial charge >= 0.3 is 5.97 Å². The second-order valence-corrected chi connectivity index (χ2v) is 12.1. The molecule has 3 heterocycles. The number of β-lactam (4-membered cyclic amide) rings is 1. The number of carbonyl (C=O) groups is 2. The Labute approximate surface area is 239 Å². The minimum Gasteiger partial charge on any atom is -0.448 e. The molecule has 3 aliphatic heterocycles. The fraction of sp³-hybridized carbons (Fsp3) is 0.303. The van der Waals surface area contributed by atoms with E-state index in [0.29, 0.717) is 11.4 Å². The summed E-state index contributed by atoms with van der Waals surface area (Å²) in [7, 11) is 2.25. The Hall–Kier alpha value is -3.68. The van der Waals surface area contributed by atoms with Crippen LogP contribution < -0.4 is 0 Å². The lowest BCUT2D eigenvalue weighted by atomic mass is 10.0. The molecule has 0 bridgehead atoms. The largest absolute Gasteiger partial charge is 0.448 e. The Balaban J connectivity index is 1.32. The van der Waals surface area contributed by atoms with Crippen molar-refractivity contribution in [3.63, 3.8) is 0 Å². The molecule has 204 valence electrons. The van der Waals surface area contributed by atoms with Gasteiger partial charge in [0.15, 0.2) is 12.1 Å². The maximum atomic E-state index is 14.1. The van der Waals surface area contributed by atoms with Gasteiger partial charge in [0.25, 0.3) is 5.91 Å².